The van der Waals surface area contributed by atoms with Gasteiger partial charge >= 0.3 is 0 Å². The van der Waals surface area contributed by atoms with E-state index in [4.69, 9.17) is 14.9 Å². The normalized spacial score (nSPS) is 26.8. The van der Waals surface area contributed by atoms with Crippen molar-refractivity contribution in [2.45, 2.75) is 31.6 Å². The smallest absolute Gasteiger partial charge is 0.202 e. The van der Waals surface area contributed by atoms with Crippen molar-refractivity contribution in [1.29, 1.82) is 0 Å². The van der Waals surface area contributed by atoms with Crippen molar-refractivity contribution in [2.24, 2.45) is 5.73 Å². The van der Waals surface area contributed by atoms with Crippen LogP contribution in [0, 0.1) is 0 Å². The molecule has 2 N–H and O–H groups in total. The highest BCUT2D eigenvalue weighted by Crippen LogP contribution is 2.31. The molecule has 1 atom stereocenters. The molecule has 84 valence electrons. The van der Waals surface area contributed by atoms with E-state index in [-0.39, 0.29) is 5.41 Å². The molecule has 1 aliphatic heterocycles. The van der Waals surface area contributed by atoms with Gasteiger partial charge in [0.1, 0.15) is 6.26 Å². The standard InChI is InChI=1S/C11H18N2O2/c1-11(4-2-6-14-8-11)10-13-9(3-5-12)7-15-10/h7H,2-6,8,12H2,1H3. The molecule has 2 heterocycles. The maximum Gasteiger partial charge on any atom is 0.202 e. The average Bonchev–Trinajstić information content (AvgIpc) is 2.69. The first-order valence-electron chi connectivity index (χ1n) is 5.47. The van der Waals surface area contributed by atoms with Crippen molar-refractivity contribution in [3.8, 4) is 0 Å². The second-order valence-electron chi connectivity index (χ2n) is 4.40. The van der Waals surface area contributed by atoms with Crippen molar-refractivity contribution >= 4 is 0 Å². The zero-order valence-electron chi connectivity index (χ0n) is 9.16. The molecule has 0 bridgehead atoms. The summed E-state index contributed by atoms with van der Waals surface area (Å²) in [5.41, 5.74) is 6.37. The van der Waals surface area contributed by atoms with Gasteiger partial charge < -0.3 is 14.9 Å². The number of aromatic nitrogens is 1. The zero-order chi connectivity index (χ0) is 10.7. The Labute approximate surface area is 89.8 Å². The van der Waals surface area contributed by atoms with E-state index in [9.17, 15) is 0 Å². The van der Waals surface area contributed by atoms with Crippen LogP contribution in [0.4, 0.5) is 0 Å². The van der Waals surface area contributed by atoms with E-state index in [0.29, 0.717) is 13.2 Å². The molecular formula is C11H18N2O2. The lowest BCUT2D eigenvalue weighted by atomic mass is 9.85. The summed E-state index contributed by atoms with van der Waals surface area (Å²) in [6, 6.07) is 0. The summed E-state index contributed by atoms with van der Waals surface area (Å²) in [5.74, 6) is 0.797. The van der Waals surface area contributed by atoms with Crippen molar-refractivity contribution in [2.75, 3.05) is 19.8 Å². The summed E-state index contributed by atoms with van der Waals surface area (Å²) in [4.78, 5) is 4.47. The summed E-state index contributed by atoms with van der Waals surface area (Å²) >= 11 is 0. The Balaban J connectivity index is 2.12. The Bertz CT molecular complexity index is 316. The molecule has 0 amide bonds. The lowest BCUT2D eigenvalue weighted by Gasteiger charge is -2.30. The van der Waals surface area contributed by atoms with Crippen LogP contribution in [0.15, 0.2) is 10.7 Å². The van der Waals surface area contributed by atoms with Gasteiger partial charge in [0.05, 0.1) is 17.7 Å². The van der Waals surface area contributed by atoms with Crippen molar-refractivity contribution < 1.29 is 9.15 Å². The molecule has 15 heavy (non-hydrogen) atoms. The van der Waals surface area contributed by atoms with Crippen LogP contribution in [-0.4, -0.2) is 24.7 Å². The third-order valence-electron chi connectivity index (χ3n) is 2.91. The molecule has 1 aromatic heterocycles. The number of hydrogen-bond donors (Lipinski definition) is 1. The maximum absolute atomic E-state index is 5.51. The predicted octanol–water partition coefficient (Wildman–Crippen LogP) is 1.24. The Kier molecular flexibility index (Phi) is 3.07. The fraction of sp³-hybridized carbons (Fsp3) is 0.727. The van der Waals surface area contributed by atoms with Gasteiger partial charge in [0, 0.05) is 13.0 Å². The second-order valence-corrected chi connectivity index (χ2v) is 4.40. The molecule has 4 nitrogen and oxygen atoms in total. The van der Waals surface area contributed by atoms with Gasteiger partial charge in [-0.3, -0.25) is 0 Å². The van der Waals surface area contributed by atoms with Gasteiger partial charge in [-0.15, -0.1) is 0 Å². The van der Waals surface area contributed by atoms with E-state index in [0.717, 1.165) is 37.5 Å². The summed E-state index contributed by atoms with van der Waals surface area (Å²) in [6.07, 6.45) is 4.64. The summed E-state index contributed by atoms with van der Waals surface area (Å²) in [7, 11) is 0. The van der Waals surface area contributed by atoms with E-state index in [1.807, 2.05) is 0 Å². The molecule has 0 aromatic carbocycles. The highest BCUT2D eigenvalue weighted by Gasteiger charge is 2.34. The van der Waals surface area contributed by atoms with Gasteiger partial charge in [-0.25, -0.2) is 4.98 Å². The molecule has 0 radical (unpaired) electrons. The van der Waals surface area contributed by atoms with Gasteiger partial charge in [-0.2, -0.15) is 0 Å². The molecule has 1 saturated heterocycles. The number of hydrogen-bond acceptors (Lipinski definition) is 4. The summed E-state index contributed by atoms with van der Waals surface area (Å²) < 4.78 is 11.0. The quantitative estimate of drug-likeness (QED) is 0.815. The van der Waals surface area contributed by atoms with Crippen LogP contribution in [-0.2, 0) is 16.6 Å². The molecule has 0 spiro atoms. The van der Waals surface area contributed by atoms with E-state index < -0.39 is 0 Å². The van der Waals surface area contributed by atoms with Crippen LogP contribution in [0.2, 0.25) is 0 Å². The topological polar surface area (TPSA) is 61.3 Å². The van der Waals surface area contributed by atoms with Crippen LogP contribution < -0.4 is 5.73 Å². The molecule has 1 fully saturated rings. The Hall–Kier alpha value is -0.870. The van der Waals surface area contributed by atoms with Crippen molar-refractivity contribution in [1.82, 2.24) is 4.98 Å². The van der Waals surface area contributed by atoms with Gasteiger partial charge in [-0.1, -0.05) is 0 Å². The van der Waals surface area contributed by atoms with Gasteiger partial charge in [0.25, 0.3) is 0 Å². The highest BCUT2D eigenvalue weighted by atomic mass is 16.5. The van der Waals surface area contributed by atoms with E-state index in [1.54, 1.807) is 6.26 Å². The van der Waals surface area contributed by atoms with Gasteiger partial charge in [-0.05, 0) is 26.3 Å². The van der Waals surface area contributed by atoms with Gasteiger partial charge in [0.15, 0.2) is 0 Å². The first kappa shape index (κ1) is 10.6. The molecule has 1 unspecified atom stereocenters. The zero-order valence-corrected chi connectivity index (χ0v) is 9.16. The number of ether oxygens (including phenoxy) is 1. The fourth-order valence-electron chi connectivity index (χ4n) is 1.95. The van der Waals surface area contributed by atoms with Crippen LogP contribution in [0.5, 0.6) is 0 Å². The minimum atomic E-state index is -0.0505. The first-order chi connectivity index (χ1) is 7.24. The third kappa shape index (κ3) is 2.21. The van der Waals surface area contributed by atoms with Crippen LogP contribution >= 0.6 is 0 Å². The van der Waals surface area contributed by atoms with Crippen molar-refractivity contribution in [3.05, 3.63) is 17.8 Å². The number of nitrogens with two attached hydrogens (primary N) is 1. The molecule has 2 rings (SSSR count). The summed E-state index contributed by atoms with van der Waals surface area (Å²) in [6.45, 7) is 4.31. The monoisotopic (exact) mass is 210 g/mol. The Morgan fingerprint density at radius 2 is 2.47 bits per heavy atom. The molecule has 1 aliphatic rings. The van der Waals surface area contributed by atoms with Crippen LogP contribution in [0.25, 0.3) is 0 Å². The lowest BCUT2D eigenvalue weighted by Crippen LogP contribution is -2.33. The highest BCUT2D eigenvalue weighted by molar-refractivity contribution is 5.08. The average molecular weight is 210 g/mol. The predicted molar refractivity (Wildman–Crippen MR) is 56.7 cm³/mol. The Morgan fingerprint density at radius 3 is 3.13 bits per heavy atom. The minimum absolute atomic E-state index is 0.0505. The van der Waals surface area contributed by atoms with E-state index in [2.05, 4.69) is 11.9 Å². The van der Waals surface area contributed by atoms with Gasteiger partial charge in [0.2, 0.25) is 5.89 Å². The lowest BCUT2D eigenvalue weighted by molar-refractivity contribution is 0.0307. The second kappa shape index (κ2) is 4.33. The van der Waals surface area contributed by atoms with E-state index in [1.165, 1.54) is 0 Å². The maximum atomic E-state index is 5.51. The third-order valence-corrected chi connectivity index (χ3v) is 2.91. The Morgan fingerprint density at radius 1 is 1.60 bits per heavy atom. The molecular weight excluding hydrogens is 192 g/mol. The molecule has 1 aromatic rings. The SMILES string of the molecule is CC1(c2nc(CCN)co2)CCCOC1. The largest absolute Gasteiger partial charge is 0.448 e. The number of nitrogens with zero attached hydrogens (tertiary/aromatic N) is 1. The van der Waals surface area contributed by atoms with Crippen molar-refractivity contribution in [3.63, 3.8) is 0 Å². The minimum Gasteiger partial charge on any atom is -0.448 e. The molecule has 0 aliphatic carbocycles. The number of oxazole rings is 1. The number of rotatable bonds is 3. The molecule has 4 heteroatoms. The molecule has 0 saturated carbocycles. The van der Waals surface area contributed by atoms with Crippen LogP contribution in [0.1, 0.15) is 31.4 Å². The summed E-state index contributed by atoms with van der Waals surface area (Å²) in [5, 5.41) is 0. The van der Waals surface area contributed by atoms with E-state index >= 15 is 0 Å². The first-order valence-corrected chi connectivity index (χ1v) is 5.47. The van der Waals surface area contributed by atoms with Crippen LogP contribution in [0.3, 0.4) is 0 Å². The fourth-order valence-corrected chi connectivity index (χ4v) is 1.95.